The van der Waals surface area contributed by atoms with E-state index < -0.39 is 11.2 Å². The van der Waals surface area contributed by atoms with Crippen molar-refractivity contribution in [1.82, 2.24) is 0 Å². The molecular formula is C17H12Br2O7. The molecule has 0 saturated carbocycles. The Kier molecular flexibility index (Phi) is 4.76. The van der Waals surface area contributed by atoms with Gasteiger partial charge in [-0.15, -0.1) is 0 Å². The summed E-state index contributed by atoms with van der Waals surface area (Å²) in [6.07, 6.45) is 0. The van der Waals surface area contributed by atoms with Crippen LogP contribution in [0.2, 0.25) is 0 Å². The van der Waals surface area contributed by atoms with Gasteiger partial charge in [0.1, 0.15) is 25.8 Å². The van der Waals surface area contributed by atoms with Crippen molar-refractivity contribution in [2.24, 2.45) is 0 Å². The van der Waals surface area contributed by atoms with Crippen molar-refractivity contribution in [1.29, 1.82) is 0 Å². The number of aromatic hydroxyl groups is 3. The lowest BCUT2D eigenvalue weighted by Crippen LogP contribution is -2.02. The third kappa shape index (κ3) is 2.77. The molecule has 1 heterocycles. The molecule has 3 N–H and O–H groups in total. The summed E-state index contributed by atoms with van der Waals surface area (Å²) >= 11 is 6.18. The lowest BCUT2D eigenvalue weighted by Gasteiger charge is -2.12. The Morgan fingerprint density at radius 3 is 2.00 bits per heavy atom. The van der Waals surface area contributed by atoms with Crippen molar-refractivity contribution in [2.45, 2.75) is 0 Å². The summed E-state index contributed by atoms with van der Waals surface area (Å²) in [5, 5.41) is 30.1. The number of hydrogen-bond acceptors (Lipinski definition) is 7. The predicted octanol–water partition coefficient (Wildman–Crippen LogP) is 4.12. The average molecular weight is 488 g/mol. The maximum Gasteiger partial charge on any atom is 0.200 e. The van der Waals surface area contributed by atoms with Gasteiger partial charge in [0.15, 0.2) is 28.3 Å². The first-order valence-electron chi connectivity index (χ1n) is 7.12. The van der Waals surface area contributed by atoms with Gasteiger partial charge in [-0.2, -0.15) is 0 Å². The summed E-state index contributed by atoms with van der Waals surface area (Å²) in [6.45, 7) is 0. The van der Waals surface area contributed by atoms with E-state index in [1.54, 1.807) is 0 Å². The van der Waals surface area contributed by atoms with Gasteiger partial charge in [-0.1, -0.05) is 0 Å². The van der Waals surface area contributed by atoms with Gasteiger partial charge >= 0.3 is 0 Å². The molecule has 3 rings (SSSR count). The van der Waals surface area contributed by atoms with Gasteiger partial charge in [0.05, 0.1) is 14.2 Å². The summed E-state index contributed by atoms with van der Waals surface area (Å²) in [4.78, 5) is 12.5. The number of phenolic OH excluding ortho intramolecular Hbond substituents is 3. The standard InChI is InChI=1S/C17H12Br2O7/c1-24-9-3-6(4-10(25-2)14(9)21)8-5-7(20)11-15(22)12(18)16(23)13(19)17(11)26-8/h3-5,21-23H,1-2H3. The van der Waals surface area contributed by atoms with E-state index in [-0.39, 0.29) is 48.7 Å². The summed E-state index contributed by atoms with van der Waals surface area (Å²) in [5.41, 5.74) is -0.160. The van der Waals surface area contributed by atoms with Gasteiger partial charge in [-0.25, -0.2) is 0 Å². The van der Waals surface area contributed by atoms with Crippen LogP contribution in [-0.2, 0) is 0 Å². The van der Waals surface area contributed by atoms with Gasteiger partial charge in [0.25, 0.3) is 0 Å². The molecule has 1 aromatic heterocycles. The molecule has 0 atom stereocenters. The maximum atomic E-state index is 12.5. The molecule has 7 nitrogen and oxygen atoms in total. The molecule has 9 heteroatoms. The van der Waals surface area contributed by atoms with Crippen LogP contribution in [0.25, 0.3) is 22.3 Å². The highest BCUT2D eigenvalue weighted by Gasteiger charge is 2.22. The molecule has 0 bridgehead atoms. The quantitative estimate of drug-likeness (QED) is 0.509. The van der Waals surface area contributed by atoms with Crippen molar-refractivity contribution in [2.75, 3.05) is 14.2 Å². The van der Waals surface area contributed by atoms with Gasteiger partial charge in [0.2, 0.25) is 5.75 Å². The van der Waals surface area contributed by atoms with E-state index in [1.807, 2.05) is 0 Å². The van der Waals surface area contributed by atoms with E-state index in [4.69, 9.17) is 13.9 Å². The van der Waals surface area contributed by atoms with Crippen LogP contribution in [0.1, 0.15) is 0 Å². The molecule has 26 heavy (non-hydrogen) atoms. The summed E-state index contributed by atoms with van der Waals surface area (Å²) < 4.78 is 16.0. The molecule has 0 aliphatic carbocycles. The van der Waals surface area contributed by atoms with Gasteiger partial charge < -0.3 is 29.2 Å². The van der Waals surface area contributed by atoms with Crippen LogP contribution in [0.15, 0.2) is 36.4 Å². The van der Waals surface area contributed by atoms with E-state index in [0.717, 1.165) is 0 Å². The number of methoxy groups -OCH3 is 2. The van der Waals surface area contributed by atoms with Crippen molar-refractivity contribution in [3.8, 4) is 40.1 Å². The number of hydrogen-bond donors (Lipinski definition) is 3. The topological polar surface area (TPSA) is 109 Å². The molecule has 136 valence electrons. The van der Waals surface area contributed by atoms with E-state index in [1.165, 1.54) is 32.4 Å². The predicted molar refractivity (Wildman–Crippen MR) is 101 cm³/mol. The van der Waals surface area contributed by atoms with E-state index in [2.05, 4.69) is 31.9 Å². The Morgan fingerprint density at radius 2 is 1.46 bits per heavy atom. The zero-order valence-corrected chi connectivity index (χ0v) is 16.6. The minimum atomic E-state index is -0.522. The number of phenols is 3. The van der Waals surface area contributed by atoms with Crippen molar-refractivity contribution in [3.05, 3.63) is 37.4 Å². The van der Waals surface area contributed by atoms with Gasteiger partial charge in [-0.05, 0) is 44.0 Å². The number of halogens is 2. The molecule has 0 amide bonds. The molecule has 0 radical (unpaired) electrons. The fraction of sp³-hybridized carbons (Fsp3) is 0.118. The van der Waals surface area contributed by atoms with Crippen LogP contribution >= 0.6 is 31.9 Å². The molecule has 0 saturated heterocycles. The van der Waals surface area contributed by atoms with Crippen LogP contribution in [-0.4, -0.2) is 29.5 Å². The first-order valence-corrected chi connectivity index (χ1v) is 8.70. The monoisotopic (exact) mass is 486 g/mol. The van der Waals surface area contributed by atoms with Crippen LogP contribution in [0, 0.1) is 0 Å². The third-order valence-electron chi connectivity index (χ3n) is 3.77. The Morgan fingerprint density at radius 1 is 0.885 bits per heavy atom. The lowest BCUT2D eigenvalue weighted by atomic mass is 10.1. The fourth-order valence-electron chi connectivity index (χ4n) is 2.48. The van der Waals surface area contributed by atoms with Gasteiger partial charge in [-0.3, -0.25) is 4.79 Å². The first kappa shape index (κ1) is 18.4. The lowest BCUT2D eigenvalue weighted by molar-refractivity contribution is 0.340. The molecule has 3 aromatic rings. The smallest absolute Gasteiger partial charge is 0.200 e. The van der Waals surface area contributed by atoms with E-state index in [0.29, 0.717) is 5.56 Å². The Labute approximate surface area is 163 Å². The van der Waals surface area contributed by atoms with Crippen molar-refractivity contribution in [3.63, 3.8) is 0 Å². The molecule has 0 unspecified atom stereocenters. The van der Waals surface area contributed by atoms with Gasteiger partial charge in [0, 0.05) is 11.6 Å². The maximum absolute atomic E-state index is 12.5. The number of benzene rings is 2. The second-order valence-electron chi connectivity index (χ2n) is 5.23. The van der Waals surface area contributed by atoms with Crippen LogP contribution in [0.4, 0.5) is 0 Å². The fourth-order valence-corrected chi connectivity index (χ4v) is 3.62. The number of fused-ring (bicyclic) bond motifs is 1. The second kappa shape index (κ2) is 6.73. The van der Waals surface area contributed by atoms with Crippen LogP contribution in [0.5, 0.6) is 28.7 Å². The normalized spacial score (nSPS) is 10.9. The SMILES string of the molecule is COc1cc(-c2cc(=O)c3c(O)c(Br)c(O)c(Br)c3o2)cc(OC)c1O. The number of rotatable bonds is 3. The summed E-state index contributed by atoms with van der Waals surface area (Å²) in [7, 11) is 2.75. The van der Waals surface area contributed by atoms with E-state index >= 15 is 0 Å². The molecule has 0 aliphatic rings. The molecule has 0 aliphatic heterocycles. The molecule has 0 spiro atoms. The van der Waals surface area contributed by atoms with Crippen molar-refractivity contribution >= 4 is 42.8 Å². The highest BCUT2D eigenvalue weighted by atomic mass is 79.9. The third-order valence-corrected chi connectivity index (χ3v) is 5.26. The minimum absolute atomic E-state index is 0.0232. The van der Waals surface area contributed by atoms with Crippen LogP contribution < -0.4 is 14.9 Å². The number of ether oxygens (including phenoxy) is 2. The molecule has 2 aromatic carbocycles. The van der Waals surface area contributed by atoms with Crippen molar-refractivity contribution < 1.29 is 29.2 Å². The highest BCUT2D eigenvalue weighted by molar-refractivity contribution is 9.11. The second-order valence-corrected chi connectivity index (χ2v) is 6.82. The average Bonchev–Trinajstić information content (AvgIpc) is 2.64. The van der Waals surface area contributed by atoms with E-state index in [9.17, 15) is 20.1 Å². The Bertz CT molecular complexity index is 1060. The zero-order valence-electron chi connectivity index (χ0n) is 13.5. The molecule has 0 fully saturated rings. The Balaban J connectivity index is 2.37. The minimum Gasteiger partial charge on any atom is -0.506 e. The Hall–Kier alpha value is -2.39. The summed E-state index contributed by atoms with van der Waals surface area (Å²) in [6, 6.07) is 4.12. The van der Waals surface area contributed by atoms with Crippen LogP contribution in [0.3, 0.4) is 0 Å². The highest BCUT2D eigenvalue weighted by Crippen LogP contribution is 2.46. The zero-order chi connectivity index (χ0) is 19.2. The molecular weight excluding hydrogens is 476 g/mol. The first-order chi connectivity index (χ1) is 12.3. The largest absolute Gasteiger partial charge is 0.506 e. The summed E-state index contributed by atoms with van der Waals surface area (Å²) in [5.74, 6) is -0.549.